The number of esters is 4. The van der Waals surface area contributed by atoms with Crippen LogP contribution in [-0.4, -0.2) is 80.4 Å². The fourth-order valence-electron chi connectivity index (χ4n) is 8.54. The molecule has 0 bridgehead atoms. The minimum atomic E-state index is -4.50. The molecule has 490 valence electrons. The van der Waals surface area contributed by atoms with Crippen LogP contribution in [0, 0.1) is 0 Å². The quantitative estimate of drug-likeness (QED) is 0.0162. The number of rotatable bonds is 26. The van der Waals surface area contributed by atoms with Crippen molar-refractivity contribution in [2.24, 2.45) is 0 Å². The van der Waals surface area contributed by atoms with E-state index in [1.807, 2.05) is 12.1 Å². The maximum Gasteiger partial charge on any atom is 2.00 e. The van der Waals surface area contributed by atoms with Crippen molar-refractivity contribution in [3.05, 3.63) is 141 Å². The van der Waals surface area contributed by atoms with Crippen molar-refractivity contribution in [2.75, 3.05) is 26.4 Å². The number of aryl methyl sites for hydroxylation is 2. The van der Waals surface area contributed by atoms with Gasteiger partial charge >= 0.3 is 55.7 Å². The van der Waals surface area contributed by atoms with Crippen LogP contribution in [-0.2, 0) is 63.6 Å². The molecule has 16 nitrogen and oxygen atoms in total. The predicted molar refractivity (Wildman–Crippen MR) is 335 cm³/mol. The van der Waals surface area contributed by atoms with Crippen molar-refractivity contribution in [1.82, 2.24) is 40.3 Å². The maximum absolute atomic E-state index is 12.7. The molecule has 0 aliphatic heterocycles. The summed E-state index contributed by atoms with van der Waals surface area (Å²) in [5, 5.41) is 13.7. The van der Waals surface area contributed by atoms with Crippen molar-refractivity contribution in [3.63, 3.8) is 0 Å². The van der Waals surface area contributed by atoms with E-state index in [2.05, 4.69) is 92.3 Å². The second-order valence-corrected chi connectivity index (χ2v) is 22.4. The third-order valence-electron chi connectivity index (χ3n) is 13.2. The van der Waals surface area contributed by atoms with E-state index in [0.717, 1.165) is 45.9 Å². The van der Waals surface area contributed by atoms with Crippen LogP contribution in [0.15, 0.2) is 97.6 Å². The molecule has 0 radical (unpaired) electrons. The van der Waals surface area contributed by atoms with Crippen LogP contribution >= 0.6 is 22.7 Å². The molecule has 0 aliphatic carbocycles. The maximum atomic E-state index is 12.7. The average molecular weight is 1390 g/mol. The van der Waals surface area contributed by atoms with E-state index < -0.39 is 47.6 Å². The fraction of sp³-hybridized carbons (Fsp3) is 0.424. The molecule has 0 saturated heterocycles. The summed E-state index contributed by atoms with van der Waals surface area (Å²) >= 11 is 3.43. The number of nitrogens with zero attached hydrogens (tertiary/aromatic N) is 8. The molecule has 8 aromatic heterocycles. The van der Waals surface area contributed by atoms with Crippen molar-refractivity contribution >= 4 is 46.6 Å². The molecule has 0 spiro atoms. The van der Waals surface area contributed by atoms with Crippen molar-refractivity contribution in [3.8, 4) is 55.0 Å². The first kappa shape index (κ1) is 76.0. The minimum Gasteiger partial charge on any atom is -0.573 e. The van der Waals surface area contributed by atoms with Gasteiger partial charge < -0.3 is 39.3 Å². The molecule has 25 heteroatoms. The van der Waals surface area contributed by atoms with Gasteiger partial charge in [-0.25, -0.2) is 19.2 Å². The van der Waals surface area contributed by atoms with Crippen LogP contribution in [0.2, 0.25) is 0 Å². The normalized spacial score (nSPS) is 11.0. The molecule has 8 heterocycles. The molecule has 8 aromatic rings. The second kappa shape index (κ2) is 39.0. The molecule has 0 fully saturated rings. The average Bonchev–Trinajstić information content (AvgIpc) is 1.35. The van der Waals surface area contributed by atoms with Crippen LogP contribution in [0.1, 0.15) is 195 Å². The van der Waals surface area contributed by atoms with Gasteiger partial charge in [0.2, 0.25) is 0 Å². The number of carbonyl (C=O) groups is 4. The smallest absolute Gasteiger partial charge is 0.573 e. The molecule has 0 unspecified atom stereocenters. The molecule has 0 amide bonds. The molecule has 8 rings (SSSR count). The molecule has 0 atom stereocenters. The van der Waals surface area contributed by atoms with Crippen LogP contribution in [0.3, 0.4) is 0 Å². The van der Waals surface area contributed by atoms with Crippen molar-refractivity contribution in [1.29, 1.82) is 0 Å². The first-order valence-electron chi connectivity index (χ1n) is 30.2. The zero-order chi connectivity index (χ0) is 65.6. The molecule has 0 aliphatic rings. The summed E-state index contributed by atoms with van der Waals surface area (Å²) in [7, 11) is 0. The van der Waals surface area contributed by atoms with Gasteiger partial charge in [-0.2, -0.15) is 26.3 Å². The van der Waals surface area contributed by atoms with Gasteiger partial charge in [0.25, 0.3) is 0 Å². The van der Waals surface area contributed by atoms with E-state index in [4.69, 9.17) is 18.9 Å². The Labute approximate surface area is 547 Å². The third kappa shape index (κ3) is 23.9. The number of thiophene rings is 2. The van der Waals surface area contributed by atoms with Crippen LogP contribution in [0.25, 0.3) is 55.0 Å². The second-order valence-electron chi connectivity index (χ2n) is 20.1. The van der Waals surface area contributed by atoms with E-state index in [0.29, 0.717) is 11.4 Å². The Morgan fingerprint density at radius 2 is 0.758 bits per heavy atom. The number of halogens is 6. The molecule has 0 N–H and O–H groups in total. The van der Waals surface area contributed by atoms with Gasteiger partial charge in [-0.05, 0) is 137 Å². The first-order chi connectivity index (χ1) is 43.2. The number of alkyl halides is 6. The summed E-state index contributed by atoms with van der Waals surface area (Å²) in [6.45, 7) is 15.8. The molecule has 0 aromatic carbocycles. The monoisotopic (exact) mass is 1390 g/mol. The van der Waals surface area contributed by atoms with E-state index >= 15 is 0 Å². The van der Waals surface area contributed by atoms with Crippen molar-refractivity contribution in [2.45, 2.75) is 158 Å². The first-order valence-corrected chi connectivity index (χ1v) is 31.8. The number of pyridine rings is 4. The molecule has 0 saturated carbocycles. The molecular formula is C66H76F6N8O8RuS2. The van der Waals surface area contributed by atoms with Crippen LogP contribution < -0.4 is 10.2 Å². The molecular weight excluding hydrogens is 1310 g/mol. The number of hydrogen-bond acceptors (Lipinski definition) is 16. The number of unbranched alkanes of at least 4 members (excludes halogenated alkanes) is 9. The van der Waals surface area contributed by atoms with Gasteiger partial charge in [0.15, 0.2) is 0 Å². The fourth-order valence-corrected chi connectivity index (χ4v) is 10.6. The standard InChI is InChI=1S/C22H24N2O8.2C19H19F3N3S.C6H14.Ru/c1-5-29-19(25)13-9-17(23-11-15(13)21(27)31-7-3)18-10-14(20(26)30-6-2)16(12-24-18)22(28)32-8-4;2*1-2-3-4-5-6-14-7-8-17(26-14)13-9-10-23-15(11-13)16-12-18(25-24-16)19(20,21)22;1-3-5-6-4-2;/h9-12H,5-8H2,1-4H3;2*7-12H,2-6H2,1H3;3-6H2,1-2H3;/q;2*-1;;+2. The van der Waals surface area contributed by atoms with Crippen LogP contribution in [0.4, 0.5) is 26.3 Å². The van der Waals surface area contributed by atoms with E-state index in [9.17, 15) is 45.5 Å². The Hall–Kier alpha value is -7.50. The van der Waals surface area contributed by atoms with Gasteiger partial charge in [0.05, 0.1) is 71.5 Å². The third-order valence-corrected chi connectivity index (χ3v) is 15.5. The van der Waals surface area contributed by atoms with Gasteiger partial charge in [0, 0.05) is 44.3 Å². The van der Waals surface area contributed by atoms with Gasteiger partial charge in [-0.3, -0.25) is 19.9 Å². The van der Waals surface area contributed by atoms with E-state index in [-0.39, 0.29) is 90.9 Å². The van der Waals surface area contributed by atoms with E-state index in [1.54, 1.807) is 74.9 Å². The summed E-state index contributed by atoms with van der Waals surface area (Å²) in [5.41, 5.74) is 0.990. The zero-order valence-electron chi connectivity index (χ0n) is 52.2. The summed E-state index contributed by atoms with van der Waals surface area (Å²) in [4.78, 5) is 70.7. The number of hydrogen-bond donors (Lipinski definition) is 0. The zero-order valence-corrected chi connectivity index (χ0v) is 55.6. The van der Waals surface area contributed by atoms with Gasteiger partial charge in [-0.15, -0.1) is 22.7 Å². The van der Waals surface area contributed by atoms with Gasteiger partial charge in [0.1, 0.15) is 11.4 Å². The van der Waals surface area contributed by atoms with E-state index in [1.165, 1.54) is 111 Å². The Kier molecular flexibility index (Phi) is 32.6. The number of ether oxygens (including phenoxy) is 4. The Morgan fingerprint density at radius 3 is 1.08 bits per heavy atom. The Bertz CT molecular complexity index is 3300. The molecule has 91 heavy (non-hydrogen) atoms. The summed E-state index contributed by atoms with van der Waals surface area (Å²) in [6, 6.07) is 20.1. The largest absolute Gasteiger partial charge is 2.00 e. The Balaban J connectivity index is 0.000000278. The Morgan fingerprint density at radius 1 is 0.418 bits per heavy atom. The van der Waals surface area contributed by atoms with Crippen LogP contribution in [0.5, 0.6) is 0 Å². The number of aromatic nitrogens is 8. The number of carbonyl (C=O) groups excluding carboxylic acids is 4. The SMILES string of the molecule is CCCCCC.CCCCCCc1ccc(-c2ccnc(-c3cc(C(F)(F)F)n[n-]3)c2)s1.CCCCCCc1ccc(-c2ccnc(-c3cc(C(F)(F)F)n[n-]3)c2)s1.CCOC(=O)c1cnc(-c2cc(C(=O)OCC)c(C(=O)OCC)cn2)cc1C(=O)OCC.[Ru+2]. The summed E-state index contributed by atoms with van der Waals surface area (Å²) in [6.07, 6.45) is 14.0. The summed E-state index contributed by atoms with van der Waals surface area (Å²) in [5.74, 6) is -2.94. The predicted octanol–water partition coefficient (Wildman–Crippen LogP) is 17.4. The summed E-state index contributed by atoms with van der Waals surface area (Å²) < 4.78 is 96.2. The van der Waals surface area contributed by atoms with Gasteiger partial charge in [-0.1, -0.05) is 103 Å². The minimum absolute atomic E-state index is 0. The van der Waals surface area contributed by atoms with Crippen molar-refractivity contribution < 1.29 is 83.9 Å². The topological polar surface area (TPSA) is 211 Å².